The van der Waals surface area contributed by atoms with Gasteiger partial charge in [-0.25, -0.2) is 14.4 Å². The van der Waals surface area contributed by atoms with E-state index in [1.807, 2.05) is 0 Å². The van der Waals surface area contributed by atoms with Gasteiger partial charge in [-0.3, -0.25) is 28.9 Å². The summed E-state index contributed by atoms with van der Waals surface area (Å²) >= 11 is 0. The van der Waals surface area contributed by atoms with Gasteiger partial charge in [0.1, 0.15) is 41.4 Å². The van der Waals surface area contributed by atoms with Crippen molar-refractivity contribution in [1.82, 2.24) is 54.4 Å². The summed E-state index contributed by atoms with van der Waals surface area (Å²) in [5.41, 5.74) is -0.567. The normalized spacial score (nSPS) is 21.3. The van der Waals surface area contributed by atoms with Crippen molar-refractivity contribution in [3.05, 3.63) is 89.0 Å². The zero-order valence-electron chi connectivity index (χ0n) is 35.5. The standard InChI is InChI=1S/C38H55N11O12/c1-23-16-46(34(52)40-31(23)50)11-8-13-48-18-25(42-44-48)20-56-29-28-27(22-58-38(6,7)60-28)59-33(55-15-10-39-36(54)61-37(3,4)5)30(29)57-21-26-19-49(45-43-26)14-9-12-47-17-24(2)32(51)41-35(47)53/h16-19,27-30,33H,8-15,20-22H2,1-7H3,(H,39,54)(H,40,50,52)(H,41,51,53)/t27-,28-,29+,30+,33+/m1/s1. The molecule has 0 saturated carbocycles. The van der Waals surface area contributed by atoms with E-state index in [0.29, 0.717) is 61.5 Å². The number of rotatable bonds is 18. The summed E-state index contributed by atoms with van der Waals surface area (Å²) in [6, 6.07) is 0. The van der Waals surface area contributed by atoms with Gasteiger partial charge in [-0.15, -0.1) is 10.2 Å². The van der Waals surface area contributed by atoms with Crippen molar-refractivity contribution in [2.75, 3.05) is 19.8 Å². The van der Waals surface area contributed by atoms with Crippen molar-refractivity contribution in [2.24, 2.45) is 0 Å². The monoisotopic (exact) mass is 857 g/mol. The van der Waals surface area contributed by atoms with Gasteiger partial charge in [-0.1, -0.05) is 10.4 Å². The second-order valence-electron chi connectivity index (χ2n) is 16.4. The van der Waals surface area contributed by atoms with E-state index < -0.39 is 70.7 Å². The number of hydrogen-bond donors (Lipinski definition) is 3. The van der Waals surface area contributed by atoms with Crippen LogP contribution in [0.3, 0.4) is 0 Å². The molecule has 6 heterocycles. The number of fused-ring (bicyclic) bond motifs is 1. The van der Waals surface area contributed by atoms with Gasteiger partial charge in [-0.2, -0.15) is 0 Å². The first-order valence-electron chi connectivity index (χ1n) is 20.1. The highest BCUT2D eigenvalue weighted by Gasteiger charge is 2.53. The molecule has 4 aromatic rings. The summed E-state index contributed by atoms with van der Waals surface area (Å²) in [7, 11) is 0. The Morgan fingerprint density at radius 3 is 1.90 bits per heavy atom. The lowest BCUT2D eigenvalue weighted by atomic mass is 9.96. The minimum atomic E-state index is -1.01. The molecule has 2 saturated heterocycles. The zero-order valence-corrected chi connectivity index (χ0v) is 35.5. The quantitative estimate of drug-likeness (QED) is 0.113. The van der Waals surface area contributed by atoms with Crippen LogP contribution in [0, 0.1) is 13.8 Å². The minimum Gasteiger partial charge on any atom is -0.444 e. The number of nitrogens with one attached hydrogen (secondary N) is 3. The average molecular weight is 858 g/mol. The van der Waals surface area contributed by atoms with Gasteiger partial charge in [0.15, 0.2) is 12.1 Å². The molecule has 61 heavy (non-hydrogen) atoms. The van der Waals surface area contributed by atoms with Crippen molar-refractivity contribution in [3.63, 3.8) is 0 Å². The third-order valence-corrected chi connectivity index (χ3v) is 9.63. The lowest BCUT2D eigenvalue weighted by Crippen LogP contribution is -2.66. The summed E-state index contributed by atoms with van der Waals surface area (Å²) in [5.74, 6) is -0.974. The van der Waals surface area contributed by atoms with Crippen LogP contribution in [-0.4, -0.2) is 117 Å². The second kappa shape index (κ2) is 19.6. The summed E-state index contributed by atoms with van der Waals surface area (Å²) in [5, 5.41) is 19.7. The molecule has 2 fully saturated rings. The van der Waals surface area contributed by atoms with E-state index in [1.165, 1.54) is 21.5 Å². The van der Waals surface area contributed by atoms with Gasteiger partial charge in [0.2, 0.25) is 0 Å². The Morgan fingerprint density at radius 1 is 0.820 bits per heavy atom. The van der Waals surface area contributed by atoms with Crippen molar-refractivity contribution in [1.29, 1.82) is 0 Å². The lowest BCUT2D eigenvalue weighted by Gasteiger charge is -2.50. The maximum absolute atomic E-state index is 12.3. The SMILES string of the molecule is Cc1cn(CCCn2cc(CO[C@@H]3[C@H](OCc4cn(CCCn5cc(C)c(=O)[nH]c5=O)nn4)[C@@H](OCCNC(=O)OC(C)(C)C)O[C@@H]4COC(C)(C)O[C@@H]34)nn2)c(=O)[nH]c1=O. The fourth-order valence-corrected chi connectivity index (χ4v) is 6.71. The van der Waals surface area contributed by atoms with Gasteiger partial charge < -0.3 is 47.6 Å². The number of hydrogen-bond acceptors (Lipinski definition) is 16. The van der Waals surface area contributed by atoms with Crippen molar-refractivity contribution in [3.8, 4) is 0 Å². The van der Waals surface area contributed by atoms with Gasteiger partial charge >= 0.3 is 17.5 Å². The molecule has 5 atom stereocenters. The Kier molecular flexibility index (Phi) is 14.5. The first-order valence-corrected chi connectivity index (χ1v) is 20.1. The Bertz CT molecular complexity index is 2340. The van der Waals surface area contributed by atoms with Crippen LogP contribution in [0.15, 0.2) is 44.0 Å². The van der Waals surface area contributed by atoms with Crippen LogP contribution in [0.2, 0.25) is 0 Å². The molecule has 0 bridgehead atoms. The van der Waals surface area contributed by atoms with E-state index in [1.54, 1.807) is 70.2 Å². The first-order chi connectivity index (χ1) is 28.9. The molecule has 6 rings (SSSR count). The van der Waals surface area contributed by atoms with Gasteiger partial charge in [-0.05, 0) is 61.3 Å². The number of amides is 1. The van der Waals surface area contributed by atoms with E-state index in [2.05, 4.69) is 35.9 Å². The number of H-pyrrole nitrogens is 2. The summed E-state index contributed by atoms with van der Waals surface area (Å²) in [6.07, 6.45) is 3.03. The molecule has 0 aliphatic carbocycles. The smallest absolute Gasteiger partial charge is 0.407 e. The van der Waals surface area contributed by atoms with Crippen LogP contribution in [0.25, 0.3) is 0 Å². The molecular weight excluding hydrogens is 802 g/mol. The number of aryl methyl sites for hydroxylation is 6. The summed E-state index contributed by atoms with van der Waals surface area (Å²) in [6.45, 7) is 14.1. The molecule has 2 aliphatic rings. The van der Waals surface area contributed by atoms with Crippen LogP contribution in [0.4, 0.5) is 4.79 Å². The van der Waals surface area contributed by atoms with Crippen LogP contribution < -0.4 is 27.8 Å². The Balaban J connectivity index is 1.14. The van der Waals surface area contributed by atoms with Crippen LogP contribution in [0.1, 0.15) is 70.0 Å². The molecule has 23 nitrogen and oxygen atoms in total. The molecule has 23 heteroatoms. The van der Waals surface area contributed by atoms with Gasteiger partial charge in [0.05, 0.1) is 38.8 Å². The number of carbonyl (C=O) groups excluding carboxylic acids is 1. The van der Waals surface area contributed by atoms with Crippen LogP contribution in [0.5, 0.6) is 0 Å². The fraction of sp³-hybridized carbons (Fsp3) is 0.658. The molecule has 1 amide bonds. The highest BCUT2D eigenvalue weighted by molar-refractivity contribution is 5.67. The van der Waals surface area contributed by atoms with E-state index in [0.717, 1.165) is 0 Å². The molecular formula is C38H55N11O12. The van der Waals surface area contributed by atoms with Crippen molar-refractivity contribution in [2.45, 2.75) is 143 Å². The van der Waals surface area contributed by atoms with E-state index in [9.17, 15) is 24.0 Å². The highest BCUT2D eigenvalue weighted by Crippen LogP contribution is 2.36. The summed E-state index contributed by atoms with van der Waals surface area (Å²) < 4.78 is 49.5. The number of alkyl carbamates (subject to hydrolysis) is 1. The molecule has 0 unspecified atom stereocenters. The molecule has 2 aliphatic heterocycles. The third kappa shape index (κ3) is 12.6. The maximum Gasteiger partial charge on any atom is 0.407 e. The van der Waals surface area contributed by atoms with E-state index >= 15 is 0 Å². The van der Waals surface area contributed by atoms with Crippen LogP contribution >= 0.6 is 0 Å². The van der Waals surface area contributed by atoms with E-state index in [-0.39, 0.29) is 33.0 Å². The van der Waals surface area contributed by atoms with Crippen LogP contribution in [-0.2, 0) is 72.6 Å². The topological polar surface area (TPSA) is 265 Å². The number of ether oxygens (including phenoxy) is 7. The zero-order chi connectivity index (χ0) is 43.9. The molecule has 0 aromatic carbocycles. The number of carbonyl (C=O) groups is 1. The van der Waals surface area contributed by atoms with Gasteiger partial charge in [0, 0.05) is 56.2 Å². The third-order valence-electron chi connectivity index (χ3n) is 9.63. The predicted octanol–water partition coefficient (Wildman–Crippen LogP) is 0.255. The number of aromatic nitrogens is 10. The first kappa shape index (κ1) is 45.2. The van der Waals surface area contributed by atoms with Gasteiger partial charge in [0.25, 0.3) is 11.1 Å². The Morgan fingerprint density at radius 2 is 1.36 bits per heavy atom. The largest absolute Gasteiger partial charge is 0.444 e. The molecule has 0 radical (unpaired) electrons. The Hall–Kier alpha value is -5.33. The predicted molar refractivity (Wildman–Crippen MR) is 212 cm³/mol. The van der Waals surface area contributed by atoms with E-state index in [4.69, 9.17) is 33.2 Å². The number of aromatic amines is 2. The molecule has 3 N–H and O–H groups in total. The maximum atomic E-state index is 12.3. The van der Waals surface area contributed by atoms with Crippen molar-refractivity contribution < 1.29 is 38.0 Å². The molecule has 0 spiro atoms. The Labute approximate surface area is 349 Å². The van der Waals surface area contributed by atoms with Crippen molar-refractivity contribution >= 4 is 6.09 Å². The second-order valence-corrected chi connectivity index (χ2v) is 16.4. The average Bonchev–Trinajstić information content (AvgIpc) is 3.84. The summed E-state index contributed by atoms with van der Waals surface area (Å²) in [4.78, 5) is 64.9. The number of nitrogens with zero attached hydrogens (tertiary/aromatic N) is 8. The fourth-order valence-electron chi connectivity index (χ4n) is 6.71. The molecule has 334 valence electrons. The minimum absolute atomic E-state index is 0.0119. The molecule has 4 aromatic heterocycles. The lowest BCUT2D eigenvalue weighted by molar-refractivity contribution is -0.391. The highest BCUT2D eigenvalue weighted by atomic mass is 16.8.